The largest absolute Gasteiger partial charge is 0.496 e. The molecule has 118 valence electrons. The highest BCUT2D eigenvalue weighted by Gasteiger charge is 2.20. The fourth-order valence-corrected chi connectivity index (χ4v) is 3.59. The SMILES string of the molecule is CCC1CCCC(NC(C)c2cc(C)ccc2OC)CC1. The molecule has 1 aliphatic carbocycles. The van der Waals surface area contributed by atoms with Crippen LogP contribution in [0.4, 0.5) is 0 Å². The van der Waals surface area contributed by atoms with Crippen LogP contribution in [0.3, 0.4) is 0 Å². The molecule has 1 aliphatic rings. The van der Waals surface area contributed by atoms with Crippen LogP contribution in [0.1, 0.15) is 69.5 Å². The molecule has 0 radical (unpaired) electrons. The Morgan fingerprint density at radius 1 is 1.24 bits per heavy atom. The van der Waals surface area contributed by atoms with Crippen LogP contribution in [-0.2, 0) is 0 Å². The van der Waals surface area contributed by atoms with Gasteiger partial charge in [-0.2, -0.15) is 0 Å². The molecule has 2 heteroatoms. The first kappa shape index (κ1) is 16.4. The van der Waals surface area contributed by atoms with E-state index in [1.54, 1.807) is 7.11 Å². The molecule has 0 saturated heterocycles. The fraction of sp³-hybridized carbons (Fsp3) is 0.684. The van der Waals surface area contributed by atoms with E-state index in [9.17, 15) is 0 Å². The Morgan fingerprint density at radius 2 is 2.05 bits per heavy atom. The summed E-state index contributed by atoms with van der Waals surface area (Å²) in [4.78, 5) is 0. The van der Waals surface area contributed by atoms with Gasteiger partial charge in [-0.1, -0.05) is 43.9 Å². The highest BCUT2D eigenvalue weighted by Crippen LogP contribution is 2.30. The molecule has 0 heterocycles. The van der Waals surface area contributed by atoms with Gasteiger partial charge in [0.1, 0.15) is 5.75 Å². The highest BCUT2D eigenvalue weighted by atomic mass is 16.5. The van der Waals surface area contributed by atoms with Gasteiger partial charge >= 0.3 is 0 Å². The molecule has 3 unspecified atom stereocenters. The molecule has 1 aromatic rings. The first-order valence-electron chi connectivity index (χ1n) is 8.54. The zero-order valence-electron chi connectivity index (χ0n) is 14.1. The molecule has 2 nitrogen and oxygen atoms in total. The van der Waals surface area contributed by atoms with Crippen molar-refractivity contribution in [2.24, 2.45) is 5.92 Å². The Labute approximate surface area is 130 Å². The number of rotatable bonds is 5. The van der Waals surface area contributed by atoms with Crippen LogP contribution < -0.4 is 10.1 Å². The van der Waals surface area contributed by atoms with Gasteiger partial charge in [0.25, 0.3) is 0 Å². The van der Waals surface area contributed by atoms with Crippen LogP contribution in [0.25, 0.3) is 0 Å². The minimum Gasteiger partial charge on any atom is -0.496 e. The number of nitrogens with one attached hydrogen (secondary N) is 1. The standard InChI is InChI=1S/C19H31NO/c1-5-16-7-6-8-17(11-10-16)20-15(3)18-13-14(2)9-12-19(18)21-4/h9,12-13,15-17,20H,5-8,10-11H2,1-4H3. The third kappa shape index (κ3) is 4.47. The average molecular weight is 289 g/mol. The van der Waals surface area contributed by atoms with Crippen LogP contribution >= 0.6 is 0 Å². The van der Waals surface area contributed by atoms with Gasteiger partial charge in [-0.15, -0.1) is 0 Å². The number of ether oxygens (including phenoxy) is 1. The summed E-state index contributed by atoms with van der Waals surface area (Å²) < 4.78 is 5.53. The lowest BCUT2D eigenvalue weighted by molar-refractivity contribution is 0.377. The van der Waals surface area contributed by atoms with Crippen LogP contribution in [0.2, 0.25) is 0 Å². The molecule has 0 bridgehead atoms. The second-order valence-corrected chi connectivity index (χ2v) is 6.61. The maximum atomic E-state index is 5.53. The Morgan fingerprint density at radius 3 is 2.76 bits per heavy atom. The number of aryl methyl sites for hydroxylation is 1. The topological polar surface area (TPSA) is 21.3 Å². The monoisotopic (exact) mass is 289 g/mol. The third-order valence-corrected chi connectivity index (χ3v) is 5.00. The van der Waals surface area contributed by atoms with Crippen LogP contribution in [-0.4, -0.2) is 13.2 Å². The van der Waals surface area contributed by atoms with Gasteiger partial charge in [-0.05, 0) is 45.1 Å². The van der Waals surface area contributed by atoms with Crippen LogP contribution in [0, 0.1) is 12.8 Å². The highest BCUT2D eigenvalue weighted by molar-refractivity contribution is 5.38. The quantitative estimate of drug-likeness (QED) is 0.769. The summed E-state index contributed by atoms with van der Waals surface area (Å²) in [5.41, 5.74) is 2.58. The summed E-state index contributed by atoms with van der Waals surface area (Å²) in [5, 5.41) is 3.84. The van der Waals surface area contributed by atoms with Gasteiger partial charge < -0.3 is 10.1 Å². The van der Waals surface area contributed by atoms with E-state index in [0.717, 1.165) is 11.7 Å². The molecule has 3 atom stereocenters. The van der Waals surface area contributed by atoms with Crippen molar-refractivity contribution < 1.29 is 4.74 Å². The summed E-state index contributed by atoms with van der Waals surface area (Å²) >= 11 is 0. The zero-order valence-corrected chi connectivity index (χ0v) is 14.1. The normalized spacial score (nSPS) is 24.4. The van der Waals surface area contributed by atoms with Crippen molar-refractivity contribution >= 4 is 0 Å². The van der Waals surface area contributed by atoms with E-state index in [2.05, 4.69) is 44.3 Å². The summed E-state index contributed by atoms with van der Waals surface area (Å²) in [7, 11) is 1.76. The molecule has 1 N–H and O–H groups in total. The zero-order chi connectivity index (χ0) is 15.2. The van der Waals surface area contributed by atoms with Crippen molar-refractivity contribution in [3.8, 4) is 5.75 Å². The predicted molar refractivity (Wildman–Crippen MR) is 89.9 cm³/mol. The van der Waals surface area contributed by atoms with E-state index in [1.807, 2.05) is 0 Å². The summed E-state index contributed by atoms with van der Waals surface area (Å²) in [5.74, 6) is 1.95. The number of hydrogen-bond donors (Lipinski definition) is 1. The first-order chi connectivity index (χ1) is 10.1. The van der Waals surface area contributed by atoms with E-state index < -0.39 is 0 Å². The summed E-state index contributed by atoms with van der Waals surface area (Å²) in [6, 6.07) is 7.46. The lowest BCUT2D eigenvalue weighted by Gasteiger charge is -2.24. The third-order valence-electron chi connectivity index (χ3n) is 5.00. The molecular weight excluding hydrogens is 258 g/mol. The molecule has 0 spiro atoms. The Bertz CT molecular complexity index is 443. The van der Waals surface area contributed by atoms with Crippen molar-refractivity contribution in [1.82, 2.24) is 5.32 Å². The fourth-order valence-electron chi connectivity index (χ4n) is 3.59. The van der Waals surface area contributed by atoms with Crippen LogP contribution in [0.5, 0.6) is 5.75 Å². The van der Waals surface area contributed by atoms with E-state index >= 15 is 0 Å². The smallest absolute Gasteiger partial charge is 0.123 e. The van der Waals surface area contributed by atoms with Crippen molar-refractivity contribution in [2.45, 2.75) is 71.4 Å². The second-order valence-electron chi connectivity index (χ2n) is 6.61. The lowest BCUT2D eigenvalue weighted by atomic mass is 9.97. The molecule has 1 saturated carbocycles. The van der Waals surface area contributed by atoms with Gasteiger partial charge in [0, 0.05) is 17.6 Å². The second kappa shape index (κ2) is 7.84. The summed E-state index contributed by atoms with van der Waals surface area (Å²) in [6.07, 6.45) is 8.14. The predicted octanol–water partition coefficient (Wildman–Crippen LogP) is 5.01. The minimum atomic E-state index is 0.350. The Balaban J connectivity index is 2.00. The number of methoxy groups -OCH3 is 1. The van der Waals surface area contributed by atoms with Crippen molar-refractivity contribution in [3.63, 3.8) is 0 Å². The van der Waals surface area contributed by atoms with Crippen molar-refractivity contribution in [2.75, 3.05) is 7.11 Å². The van der Waals surface area contributed by atoms with Gasteiger partial charge in [-0.3, -0.25) is 0 Å². The van der Waals surface area contributed by atoms with E-state index in [4.69, 9.17) is 4.74 Å². The molecule has 21 heavy (non-hydrogen) atoms. The molecule has 1 fully saturated rings. The van der Waals surface area contributed by atoms with Gasteiger partial charge in [0.2, 0.25) is 0 Å². The molecule has 0 aliphatic heterocycles. The average Bonchev–Trinajstić information content (AvgIpc) is 2.72. The summed E-state index contributed by atoms with van der Waals surface area (Å²) in [6.45, 7) is 6.74. The lowest BCUT2D eigenvalue weighted by Crippen LogP contribution is -2.31. The maximum absolute atomic E-state index is 5.53. The van der Waals surface area contributed by atoms with E-state index in [1.165, 1.54) is 49.7 Å². The Kier molecular flexibility index (Phi) is 6.10. The van der Waals surface area contributed by atoms with E-state index in [-0.39, 0.29) is 0 Å². The molecule has 0 aromatic heterocycles. The van der Waals surface area contributed by atoms with Gasteiger partial charge in [0.15, 0.2) is 0 Å². The van der Waals surface area contributed by atoms with Gasteiger partial charge in [-0.25, -0.2) is 0 Å². The minimum absolute atomic E-state index is 0.350. The van der Waals surface area contributed by atoms with E-state index in [0.29, 0.717) is 12.1 Å². The molecule has 0 amide bonds. The van der Waals surface area contributed by atoms with Gasteiger partial charge in [0.05, 0.1) is 7.11 Å². The van der Waals surface area contributed by atoms with Crippen molar-refractivity contribution in [3.05, 3.63) is 29.3 Å². The van der Waals surface area contributed by atoms with Crippen molar-refractivity contribution in [1.29, 1.82) is 0 Å². The first-order valence-corrected chi connectivity index (χ1v) is 8.54. The molecule has 2 rings (SSSR count). The molecular formula is C19H31NO. The Hall–Kier alpha value is -1.02. The number of benzene rings is 1. The molecule has 1 aromatic carbocycles. The van der Waals surface area contributed by atoms with Crippen LogP contribution in [0.15, 0.2) is 18.2 Å². The maximum Gasteiger partial charge on any atom is 0.123 e. The number of hydrogen-bond acceptors (Lipinski definition) is 2.